The first kappa shape index (κ1) is 21.4. The maximum atomic E-state index is 13.3. The number of rotatable bonds is 5. The van der Waals surface area contributed by atoms with E-state index in [2.05, 4.69) is 20.8 Å². The molecule has 4 nitrogen and oxygen atoms in total. The zero-order chi connectivity index (χ0) is 20.5. The Morgan fingerprint density at radius 2 is 2.00 bits per heavy atom. The van der Waals surface area contributed by atoms with Crippen LogP contribution in [0.1, 0.15) is 78.4 Å². The zero-order valence-electron chi connectivity index (χ0n) is 17.7. The fourth-order valence-corrected chi connectivity index (χ4v) is 4.70. The van der Waals surface area contributed by atoms with Gasteiger partial charge in [0.05, 0.1) is 0 Å². The molecule has 1 fully saturated rings. The van der Waals surface area contributed by atoms with Gasteiger partial charge in [0.15, 0.2) is 6.10 Å². The van der Waals surface area contributed by atoms with Crippen molar-refractivity contribution in [3.63, 3.8) is 0 Å². The fraction of sp³-hybridized carbons (Fsp3) is 0.696. The first-order chi connectivity index (χ1) is 13.3. The lowest BCUT2D eigenvalue weighted by Gasteiger charge is -2.42. The van der Waals surface area contributed by atoms with Gasteiger partial charge in [-0.1, -0.05) is 52.6 Å². The molecule has 0 saturated heterocycles. The van der Waals surface area contributed by atoms with E-state index in [1.165, 1.54) is 6.42 Å². The number of hydrogen-bond acceptors (Lipinski definition) is 4. The lowest BCUT2D eigenvalue weighted by molar-refractivity contribution is -0.242. The summed E-state index contributed by atoms with van der Waals surface area (Å²) in [5.74, 6) is 0.938. The van der Waals surface area contributed by atoms with Crippen molar-refractivity contribution in [1.82, 2.24) is 0 Å². The lowest BCUT2D eigenvalue weighted by Crippen LogP contribution is -2.46. The van der Waals surface area contributed by atoms with E-state index < -0.39 is 11.9 Å². The minimum Gasteiger partial charge on any atom is -0.462 e. The second-order valence-corrected chi connectivity index (χ2v) is 9.14. The topological polar surface area (TPSA) is 44.8 Å². The van der Waals surface area contributed by atoms with Crippen LogP contribution in [0.2, 0.25) is 5.02 Å². The Kier molecular flexibility index (Phi) is 6.61. The summed E-state index contributed by atoms with van der Waals surface area (Å²) in [6, 6.07) is 5.35. The second kappa shape index (κ2) is 8.62. The van der Waals surface area contributed by atoms with Crippen LogP contribution in [0, 0.1) is 17.8 Å². The molecule has 0 bridgehead atoms. The molecule has 1 aromatic carbocycles. The predicted molar refractivity (Wildman–Crippen MR) is 110 cm³/mol. The Morgan fingerprint density at radius 1 is 1.29 bits per heavy atom. The Balaban J connectivity index is 1.88. The number of benzene rings is 1. The molecule has 3 rings (SSSR count). The van der Waals surface area contributed by atoms with Gasteiger partial charge in [-0.15, -0.1) is 0 Å². The van der Waals surface area contributed by atoms with Crippen molar-refractivity contribution < 1.29 is 19.0 Å². The van der Waals surface area contributed by atoms with Crippen molar-refractivity contribution in [3.05, 3.63) is 28.8 Å². The Morgan fingerprint density at radius 3 is 2.64 bits per heavy atom. The third-order valence-corrected chi connectivity index (χ3v) is 6.64. The summed E-state index contributed by atoms with van der Waals surface area (Å²) in [7, 11) is 0. The molecule has 5 heteroatoms. The molecular formula is C23H33ClO4. The summed E-state index contributed by atoms with van der Waals surface area (Å²) < 4.78 is 18.4. The van der Waals surface area contributed by atoms with E-state index in [-0.39, 0.29) is 12.1 Å². The standard InChI is InChI=1S/C23H33ClO4/c1-6-23(7-2)27-19-11-9-16(24)13-18(19)21(28-23)22(25)26-20-12-15(5)8-10-17(20)14(3)4/h9,11,13-15,17,20-21H,6-8,10,12H2,1-5H3/t15-,17?,20-,21+/m0/s1. The quantitative estimate of drug-likeness (QED) is 0.535. The summed E-state index contributed by atoms with van der Waals surface area (Å²) in [6.45, 7) is 10.7. The molecule has 156 valence electrons. The zero-order valence-corrected chi connectivity index (χ0v) is 18.4. The number of hydrogen-bond donors (Lipinski definition) is 0. The molecule has 0 amide bonds. The highest BCUT2D eigenvalue weighted by Crippen LogP contribution is 2.44. The summed E-state index contributed by atoms with van der Waals surface area (Å²) >= 11 is 6.20. The second-order valence-electron chi connectivity index (χ2n) is 8.70. The highest BCUT2D eigenvalue weighted by Gasteiger charge is 2.44. The van der Waals surface area contributed by atoms with Crippen LogP contribution in [0.4, 0.5) is 0 Å². The molecule has 1 aliphatic carbocycles. The van der Waals surface area contributed by atoms with Gasteiger partial charge >= 0.3 is 5.97 Å². The van der Waals surface area contributed by atoms with Crippen LogP contribution in [-0.4, -0.2) is 17.9 Å². The fourth-order valence-electron chi connectivity index (χ4n) is 4.52. The van der Waals surface area contributed by atoms with Gasteiger partial charge in [0.25, 0.3) is 0 Å². The van der Waals surface area contributed by atoms with Crippen LogP contribution in [0.15, 0.2) is 18.2 Å². The number of carbonyl (C=O) groups is 1. The number of esters is 1. The minimum absolute atomic E-state index is 0.0667. The van der Waals surface area contributed by atoms with Crippen molar-refractivity contribution in [3.8, 4) is 5.75 Å². The SMILES string of the molecule is CCC1(CC)Oc2ccc(Cl)cc2[C@H](C(=O)O[C@H]2C[C@@H](C)CCC2C(C)C)O1. The maximum absolute atomic E-state index is 13.3. The van der Waals surface area contributed by atoms with Crippen LogP contribution >= 0.6 is 11.6 Å². The first-order valence-corrected chi connectivity index (χ1v) is 11.0. The normalized spacial score (nSPS) is 29.1. The average Bonchev–Trinajstić information content (AvgIpc) is 2.67. The summed E-state index contributed by atoms with van der Waals surface area (Å²) in [5.41, 5.74) is 0.653. The monoisotopic (exact) mass is 408 g/mol. The summed E-state index contributed by atoms with van der Waals surface area (Å²) in [6.07, 6.45) is 3.61. The molecule has 0 spiro atoms. The molecular weight excluding hydrogens is 376 g/mol. The maximum Gasteiger partial charge on any atom is 0.340 e. The minimum atomic E-state index is -0.818. The van der Waals surface area contributed by atoms with E-state index in [1.54, 1.807) is 12.1 Å². The van der Waals surface area contributed by atoms with Crippen LogP contribution in [-0.2, 0) is 14.3 Å². The van der Waals surface area contributed by atoms with Crippen molar-refractivity contribution in [2.45, 2.75) is 84.7 Å². The lowest BCUT2D eigenvalue weighted by atomic mass is 9.75. The predicted octanol–water partition coefficient (Wildman–Crippen LogP) is 6.31. The number of halogens is 1. The molecule has 0 N–H and O–H groups in total. The van der Waals surface area contributed by atoms with Gasteiger partial charge in [-0.3, -0.25) is 0 Å². The van der Waals surface area contributed by atoms with Gasteiger partial charge in [-0.25, -0.2) is 4.79 Å². The van der Waals surface area contributed by atoms with Crippen LogP contribution in [0.3, 0.4) is 0 Å². The Labute approximate surface area is 173 Å². The molecule has 28 heavy (non-hydrogen) atoms. The van der Waals surface area contributed by atoms with E-state index in [0.717, 1.165) is 12.8 Å². The van der Waals surface area contributed by atoms with Gasteiger partial charge in [-0.2, -0.15) is 0 Å². The van der Waals surface area contributed by atoms with Crippen molar-refractivity contribution in [2.75, 3.05) is 0 Å². The van der Waals surface area contributed by atoms with Crippen molar-refractivity contribution >= 4 is 17.6 Å². The number of carbonyl (C=O) groups excluding carboxylic acids is 1. The van der Waals surface area contributed by atoms with Crippen molar-refractivity contribution in [2.24, 2.45) is 17.8 Å². The molecule has 1 aliphatic heterocycles. The van der Waals surface area contributed by atoms with Gasteiger partial charge in [0.1, 0.15) is 11.9 Å². The van der Waals surface area contributed by atoms with E-state index in [0.29, 0.717) is 46.9 Å². The van der Waals surface area contributed by atoms with Crippen LogP contribution in [0.5, 0.6) is 5.75 Å². The van der Waals surface area contributed by atoms with E-state index >= 15 is 0 Å². The van der Waals surface area contributed by atoms with Crippen LogP contribution < -0.4 is 4.74 Å². The third-order valence-electron chi connectivity index (χ3n) is 6.40. The van der Waals surface area contributed by atoms with Crippen LogP contribution in [0.25, 0.3) is 0 Å². The van der Waals surface area contributed by atoms with Gasteiger partial charge in [0, 0.05) is 23.4 Å². The number of ether oxygens (including phenoxy) is 3. The first-order valence-electron chi connectivity index (χ1n) is 10.6. The Hall–Kier alpha value is -1.26. The van der Waals surface area contributed by atoms with Gasteiger partial charge in [0.2, 0.25) is 5.79 Å². The highest BCUT2D eigenvalue weighted by atomic mass is 35.5. The Bertz CT molecular complexity index is 698. The smallest absolute Gasteiger partial charge is 0.340 e. The molecule has 0 radical (unpaired) electrons. The van der Waals surface area contributed by atoms with E-state index in [4.69, 9.17) is 25.8 Å². The molecule has 1 saturated carbocycles. The summed E-state index contributed by atoms with van der Waals surface area (Å²) in [4.78, 5) is 13.3. The molecule has 2 aliphatic rings. The van der Waals surface area contributed by atoms with Crippen molar-refractivity contribution in [1.29, 1.82) is 0 Å². The third kappa shape index (κ3) is 4.33. The summed E-state index contributed by atoms with van der Waals surface area (Å²) in [5, 5.41) is 0.551. The van der Waals surface area contributed by atoms with Gasteiger partial charge in [-0.05, 0) is 48.8 Å². The highest BCUT2D eigenvalue weighted by molar-refractivity contribution is 6.30. The molecule has 1 heterocycles. The molecule has 4 atom stereocenters. The van der Waals surface area contributed by atoms with Gasteiger partial charge < -0.3 is 14.2 Å². The molecule has 1 aromatic rings. The molecule has 0 aromatic heterocycles. The molecule has 1 unspecified atom stereocenters. The average molecular weight is 409 g/mol. The van der Waals surface area contributed by atoms with E-state index in [9.17, 15) is 4.79 Å². The number of fused-ring (bicyclic) bond motifs is 1. The largest absolute Gasteiger partial charge is 0.462 e. The van der Waals surface area contributed by atoms with E-state index in [1.807, 2.05) is 19.9 Å².